The first-order valence-corrected chi connectivity index (χ1v) is 6.70. The molecule has 0 spiro atoms. The predicted molar refractivity (Wildman–Crippen MR) is 99.3 cm³/mol. The molecule has 0 aliphatic carbocycles. The van der Waals surface area contributed by atoms with Crippen LogP contribution in [0.1, 0.15) is 22.3 Å². The fourth-order valence-electron chi connectivity index (χ4n) is 2.30. The molecule has 2 N–H and O–H groups in total. The van der Waals surface area contributed by atoms with Crippen molar-refractivity contribution in [3.05, 3.63) is 47.0 Å². The van der Waals surface area contributed by atoms with Crippen LogP contribution in [0.5, 0.6) is 0 Å². The van der Waals surface area contributed by atoms with Gasteiger partial charge in [-0.25, -0.2) is 0 Å². The Hall–Kier alpha value is -1.04. The van der Waals surface area contributed by atoms with Gasteiger partial charge in [0.15, 0.2) is 5.96 Å². The van der Waals surface area contributed by atoms with Crippen LogP contribution >= 0.6 is 24.0 Å². The van der Waals surface area contributed by atoms with E-state index in [9.17, 15) is 0 Å². The lowest BCUT2D eigenvalue weighted by molar-refractivity contribution is 0.814. The quantitative estimate of drug-likeness (QED) is 0.353. The minimum Gasteiger partial charge on any atom is -0.356 e. The molecule has 20 heavy (non-hydrogen) atoms. The van der Waals surface area contributed by atoms with Crippen LogP contribution in [0.3, 0.4) is 0 Å². The van der Waals surface area contributed by atoms with Crippen LogP contribution in [0.4, 0.5) is 0 Å². The molecule has 0 aromatic heterocycles. The highest BCUT2D eigenvalue weighted by Crippen LogP contribution is 2.16. The van der Waals surface area contributed by atoms with Crippen molar-refractivity contribution in [3.8, 4) is 0 Å². The van der Waals surface area contributed by atoms with E-state index in [1.165, 1.54) is 22.3 Å². The number of hydrogen-bond donors (Lipinski definition) is 2. The molecule has 112 valence electrons. The molecule has 1 aromatic rings. The molecule has 1 rings (SSSR count). The van der Waals surface area contributed by atoms with Crippen LogP contribution in [0.2, 0.25) is 0 Å². The summed E-state index contributed by atoms with van der Waals surface area (Å²) in [5, 5.41) is 6.48. The molecule has 0 aliphatic rings. The number of aryl methyl sites for hydroxylation is 3. The van der Waals surface area contributed by atoms with Crippen LogP contribution in [0.25, 0.3) is 0 Å². The van der Waals surface area contributed by atoms with Gasteiger partial charge in [-0.05, 0) is 43.9 Å². The molecule has 0 saturated carbocycles. The van der Waals surface area contributed by atoms with Crippen molar-refractivity contribution in [1.82, 2.24) is 10.6 Å². The number of benzene rings is 1. The average molecular weight is 387 g/mol. The Morgan fingerprint density at radius 1 is 1.20 bits per heavy atom. The predicted octanol–water partition coefficient (Wildman–Crippen LogP) is 3.12. The first-order valence-electron chi connectivity index (χ1n) is 6.70. The Morgan fingerprint density at radius 2 is 1.80 bits per heavy atom. The van der Waals surface area contributed by atoms with Gasteiger partial charge in [0.25, 0.3) is 0 Å². The van der Waals surface area contributed by atoms with E-state index in [2.05, 4.69) is 55.1 Å². The summed E-state index contributed by atoms with van der Waals surface area (Å²) in [5.74, 6) is 0.822. The smallest absolute Gasteiger partial charge is 0.191 e. The van der Waals surface area contributed by atoms with Crippen molar-refractivity contribution < 1.29 is 0 Å². The second-order valence-electron chi connectivity index (χ2n) is 4.80. The highest BCUT2D eigenvalue weighted by atomic mass is 127. The van der Waals surface area contributed by atoms with Crippen LogP contribution in [-0.4, -0.2) is 26.1 Å². The number of guanidine groups is 1. The summed E-state index contributed by atoms with van der Waals surface area (Å²) in [4.78, 5) is 4.16. The summed E-state index contributed by atoms with van der Waals surface area (Å²) in [6, 6.07) is 4.49. The third-order valence-electron chi connectivity index (χ3n) is 3.15. The second-order valence-corrected chi connectivity index (χ2v) is 4.80. The minimum atomic E-state index is 0. The molecule has 0 radical (unpaired) electrons. The molecule has 0 fully saturated rings. The Balaban J connectivity index is 0.00000361. The third-order valence-corrected chi connectivity index (χ3v) is 3.15. The van der Waals surface area contributed by atoms with Crippen LogP contribution in [0.15, 0.2) is 29.8 Å². The number of halogens is 1. The molecular weight excluding hydrogens is 361 g/mol. The maximum absolute atomic E-state index is 4.16. The second kappa shape index (κ2) is 9.80. The van der Waals surface area contributed by atoms with Gasteiger partial charge in [-0.1, -0.05) is 23.8 Å². The van der Waals surface area contributed by atoms with E-state index >= 15 is 0 Å². The first-order chi connectivity index (χ1) is 9.08. The van der Waals surface area contributed by atoms with Crippen molar-refractivity contribution >= 4 is 29.9 Å². The van der Waals surface area contributed by atoms with Crippen molar-refractivity contribution in [2.75, 3.05) is 20.1 Å². The summed E-state index contributed by atoms with van der Waals surface area (Å²) >= 11 is 0. The van der Waals surface area contributed by atoms with Crippen LogP contribution in [0, 0.1) is 20.8 Å². The molecule has 3 nitrogen and oxygen atoms in total. The Labute approximate surface area is 140 Å². The van der Waals surface area contributed by atoms with Gasteiger partial charge >= 0.3 is 0 Å². The van der Waals surface area contributed by atoms with Crippen molar-refractivity contribution in [3.63, 3.8) is 0 Å². The molecule has 0 atom stereocenters. The largest absolute Gasteiger partial charge is 0.356 e. The molecule has 0 bridgehead atoms. The van der Waals surface area contributed by atoms with Crippen LogP contribution in [-0.2, 0) is 6.42 Å². The molecule has 0 amide bonds. The number of nitrogens with one attached hydrogen (secondary N) is 2. The number of rotatable bonds is 5. The lowest BCUT2D eigenvalue weighted by atomic mass is 9.97. The SMILES string of the molecule is C=CCNC(=NC)NCCc1c(C)cc(C)cc1C.I. The lowest BCUT2D eigenvalue weighted by Gasteiger charge is -2.14. The number of nitrogens with zero attached hydrogens (tertiary/aromatic N) is 1. The Kier molecular flexibility index (Phi) is 9.29. The van der Waals surface area contributed by atoms with E-state index in [1.807, 2.05) is 6.08 Å². The molecular formula is C16H26IN3. The van der Waals surface area contributed by atoms with E-state index < -0.39 is 0 Å². The monoisotopic (exact) mass is 387 g/mol. The molecule has 4 heteroatoms. The van der Waals surface area contributed by atoms with Gasteiger partial charge in [0.1, 0.15) is 0 Å². The highest BCUT2D eigenvalue weighted by molar-refractivity contribution is 14.0. The molecule has 1 aromatic carbocycles. The zero-order chi connectivity index (χ0) is 14.3. The maximum atomic E-state index is 4.16. The summed E-state index contributed by atoms with van der Waals surface area (Å²) in [5.41, 5.74) is 5.49. The molecule has 0 heterocycles. The first kappa shape index (κ1) is 19.0. The van der Waals surface area contributed by atoms with Crippen molar-refractivity contribution in [2.24, 2.45) is 4.99 Å². The standard InChI is InChI=1S/C16H25N3.HI/c1-6-8-18-16(17-5)19-9-7-15-13(3)10-12(2)11-14(15)4;/h6,10-11H,1,7-9H2,2-5H3,(H2,17,18,19);1H. The van der Waals surface area contributed by atoms with E-state index in [0.29, 0.717) is 0 Å². The van der Waals surface area contributed by atoms with Gasteiger partial charge in [0.2, 0.25) is 0 Å². The summed E-state index contributed by atoms with van der Waals surface area (Å²) in [6.07, 6.45) is 2.83. The minimum absolute atomic E-state index is 0. The van der Waals surface area contributed by atoms with Gasteiger partial charge < -0.3 is 10.6 Å². The van der Waals surface area contributed by atoms with E-state index in [-0.39, 0.29) is 24.0 Å². The maximum Gasteiger partial charge on any atom is 0.191 e. The Bertz CT molecular complexity index is 444. The van der Waals surface area contributed by atoms with Crippen molar-refractivity contribution in [1.29, 1.82) is 0 Å². The van der Waals surface area contributed by atoms with Gasteiger partial charge in [-0.3, -0.25) is 4.99 Å². The van der Waals surface area contributed by atoms with Gasteiger partial charge in [-0.2, -0.15) is 0 Å². The highest BCUT2D eigenvalue weighted by Gasteiger charge is 2.04. The Morgan fingerprint density at radius 3 is 2.30 bits per heavy atom. The summed E-state index contributed by atoms with van der Waals surface area (Å²) in [7, 11) is 1.78. The third kappa shape index (κ3) is 5.94. The summed E-state index contributed by atoms with van der Waals surface area (Å²) in [6.45, 7) is 11.8. The van der Waals surface area contributed by atoms with Gasteiger partial charge in [-0.15, -0.1) is 30.6 Å². The van der Waals surface area contributed by atoms with Crippen LogP contribution < -0.4 is 10.6 Å². The topological polar surface area (TPSA) is 36.4 Å². The lowest BCUT2D eigenvalue weighted by Crippen LogP contribution is -2.38. The zero-order valence-electron chi connectivity index (χ0n) is 12.9. The van der Waals surface area contributed by atoms with Gasteiger partial charge in [0, 0.05) is 20.1 Å². The fraction of sp³-hybridized carbons (Fsp3) is 0.438. The van der Waals surface area contributed by atoms with E-state index in [0.717, 1.165) is 25.5 Å². The van der Waals surface area contributed by atoms with E-state index in [1.54, 1.807) is 7.05 Å². The van der Waals surface area contributed by atoms with Gasteiger partial charge in [0.05, 0.1) is 0 Å². The molecule has 0 unspecified atom stereocenters. The molecule has 0 saturated heterocycles. The van der Waals surface area contributed by atoms with Crippen molar-refractivity contribution in [2.45, 2.75) is 27.2 Å². The molecule has 0 aliphatic heterocycles. The fourth-order valence-corrected chi connectivity index (χ4v) is 2.30. The summed E-state index contributed by atoms with van der Waals surface area (Å²) < 4.78 is 0. The number of aliphatic imine (C=N–C) groups is 1. The number of hydrogen-bond acceptors (Lipinski definition) is 1. The van der Waals surface area contributed by atoms with E-state index in [4.69, 9.17) is 0 Å². The average Bonchev–Trinajstić information content (AvgIpc) is 2.36. The zero-order valence-corrected chi connectivity index (χ0v) is 15.2. The normalized spacial score (nSPS) is 10.7.